The zero-order valence-electron chi connectivity index (χ0n) is 11.7. The summed E-state index contributed by atoms with van der Waals surface area (Å²) in [6.07, 6.45) is -0.0541. The second-order valence-electron chi connectivity index (χ2n) is 4.73. The fraction of sp³-hybridized carbons (Fsp3) is 0.500. The van der Waals surface area contributed by atoms with Gasteiger partial charge in [-0.05, 0) is 19.2 Å². The van der Waals surface area contributed by atoms with Crippen molar-refractivity contribution >= 4 is 5.97 Å². The quantitative estimate of drug-likeness (QED) is 0.871. The average molecular weight is 281 g/mol. The van der Waals surface area contributed by atoms with Crippen molar-refractivity contribution in [3.05, 3.63) is 23.8 Å². The molecule has 0 spiro atoms. The van der Waals surface area contributed by atoms with E-state index in [2.05, 4.69) is 4.90 Å². The third-order valence-electron chi connectivity index (χ3n) is 3.19. The summed E-state index contributed by atoms with van der Waals surface area (Å²) in [5, 5.41) is 9.15. The van der Waals surface area contributed by atoms with E-state index in [1.807, 2.05) is 7.05 Å². The van der Waals surface area contributed by atoms with Crippen LogP contribution in [0.5, 0.6) is 11.5 Å². The van der Waals surface area contributed by atoms with Crippen molar-refractivity contribution < 1.29 is 24.1 Å². The SMILES string of the molecule is COc1ccc(C(=O)O)c(OCC2CN(C)CCO2)c1. The lowest BCUT2D eigenvalue weighted by atomic mass is 10.2. The summed E-state index contributed by atoms with van der Waals surface area (Å²) in [5.74, 6) is -0.162. The topological polar surface area (TPSA) is 68.2 Å². The molecule has 1 aliphatic rings. The van der Waals surface area contributed by atoms with Gasteiger partial charge in [0.25, 0.3) is 0 Å². The molecule has 1 unspecified atom stereocenters. The summed E-state index contributed by atoms with van der Waals surface area (Å²) in [6, 6.07) is 4.65. The molecule has 20 heavy (non-hydrogen) atoms. The number of rotatable bonds is 5. The van der Waals surface area contributed by atoms with Crippen molar-refractivity contribution in [2.75, 3.05) is 40.5 Å². The number of carboxylic acids is 1. The summed E-state index contributed by atoms with van der Waals surface area (Å²) in [5.41, 5.74) is 0.120. The molecule has 1 saturated heterocycles. The predicted molar refractivity (Wildman–Crippen MR) is 72.7 cm³/mol. The standard InChI is InChI=1S/C14H19NO5/c1-15-5-6-19-11(8-15)9-20-13-7-10(18-2)3-4-12(13)14(16)17/h3-4,7,11H,5-6,8-9H2,1-2H3,(H,16,17). The molecule has 110 valence electrons. The van der Waals surface area contributed by atoms with E-state index in [-0.39, 0.29) is 11.7 Å². The largest absolute Gasteiger partial charge is 0.497 e. The first-order chi connectivity index (χ1) is 9.60. The Morgan fingerprint density at radius 2 is 2.35 bits per heavy atom. The van der Waals surface area contributed by atoms with Gasteiger partial charge in [0.2, 0.25) is 0 Å². The number of carboxylic acid groups (broad SMARTS) is 1. The highest BCUT2D eigenvalue weighted by Crippen LogP contribution is 2.25. The first-order valence-electron chi connectivity index (χ1n) is 6.44. The van der Waals surface area contributed by atoms with E-state index >= 15 is 0 Å². The monoisotopic (exact) mass is 281 g/mol. The molecule has 1 heterocycles. The van der Waals surface area contributed by atoms with Crippen LogP contribution in [0.1, 0.15) is 10.4 Å². The molecule has 1 atom stereocenters. The van der Waals surface area contributed by atoms with Crippen molar-refractivity contribution in [2.45, 2.75) is 6.10 Å². The number of methoxy groups -OCH3 is 1. The Balaban J connectivity index is 2.05. The maximum atomic E-state index is 11.2. The van der Waals surface area contributed by atoms with Crippen LogP contribution in [0.2, 0.25) is 0 Å². The number of benzene rings is 1. The van der Waals surface area contributed by atoms with Crippen molar-refractivity contribution in [2.24, 2.45) is 0 Å². The first-order valence-corrected chi connectivity index (χ1v) is 6.44. The van der Waals surface area contributed by atoms with Crippen LogP contribution in [0, 0.1) is 0 Å². The molecule has 6 heteroatoms. The highest BCUT2D eigenvalue weighted by molar-refractivity contribution is 5.91. The minimum atomic E-state index is -1.02. The van der Waals surface area contributed by atoms with Crippen LogP contribution in [0.3, 0.4) is 0 Å². The highest BCUT2D eigenvalue weighted by Gasteiger charge is 2.20. The zero-order valence-corrected chi connectivity index (χ0v) is 11.7. The number of hydrogen-bond donors (Lipinski definition) is 1. The molecule has 2 rings (SSSR count). The summed E-state index contributed by atoms with van der Waals surface area (Å²) in [6.45, 7) is 2.65. The zero-order chi connectivity index (χ0) is 14.5. The van der Waals surface area contributed by atoms with Crippen LogP contribution >= 0.6 is 0 Å². The van der Waals surface area contributed by atoms with Gasteiger partial charge in [0.15, 0.2) is 0 Å². The van der Waals surface area contributed by atoms with E-state index in [1.165, 1.54) is 13.2 Å². The van der Waals surface area contributed by atoms with Crippen LogP contribution in [0.25, 0.3) is 0 Å². The minimum Gasteiger partial charge on any atom is -0.497 e. The van der Waals surface area contributed by atoms with E-state index in [9.17, 15) is 4.79 Å². The summed E-state index contributed by atoms with van der Waals surface area (Å²) in [4.78, 5) is 13.3. The molecular weight excluding hydrogens is 262 g/mol. The van der Waals surface area contributed by atoms with E-state index in [0.29, 0.717) is 24.7 Å². The number of aromatic carboxylic acids is 1. The average Bonchev–Trinajstić information content (AvgIpc) is 2.44. The maximum Gasteiger partial charge on any atom is 0.339 e. The predicted octanol–water partition coefficient (Wildman–Crippen LogP) is 1.10. The number of morpholine rings is 1. The van der Waals surface area contributed by atoms with E-state index in [4.69, 9.17) is 19.3 Å². The van der Waals surface area contributed by atoms with Gasteiger partial charge >= 0.3 is 5.97 Å². The van der Waals surface area contributed by atoms with E-state index in [0.717, 1.165) is 13.1 Å². The molecule has 0 aliphatic carbocycles. The van der Waals surface area contributed by atoms with Gasteiger partial charge in [0, 0.05) is 19.2 Å². The Labute approximate surface area is 117 Å². The Hall–Kier alpha value is -1.79. The molecule has 1 aromatic carbocycles. The maximum absolute atomic E-state index is 11.2. The van der Waals surface area contributed by atoms with Crippen LogP contribution in [-0.2, 0) is 4.74 Å². The third kappa shape index (κ3) is 3.61. The number of ether oxygens (including phenoxy) is 3. The second-order valence-corrected chi connectivity index (χ2v) is 4.73. The summed E-state index contributed by atoms with van der Waals surface area (Å²) >= 11 is 0. The third-order valence-corrected chi connectivity index (χ3v) is 3.19. The van der Waals surface area contributed by atoms with Crippen molar-refractivity contribution in [3.63, 3.8) is 0 Å². The molecule has 0 amide bonds. The Kier molecular flexibility index (Phi) is 4.81. The molecule has 0 aromatic heterocycles. The number of hydrogen-bond acceptors (Lipinski definition) is 5. The van der Waals surface area contributed by atoms with Crippen LogP contribution in [0.4, 0.5) is 0 Å². The smallest absolute Gasteiger partial charge is 0.339 e. The van der Waals surface area contributed by atoms with E-state index in [1.54, 1.807) is 12.1 Å². The lowest BCUT2D eigenvalue weighted by Gasteiger charge is -2.30. The molecule has 0 radical (unpaired) electrons. The second kappa shape index (κ2) is 6.58. The van der Waals surface area contributed by atoms with Gasteiger partial charge < -0.3 is 24.2 Å². The van der Waals surface area contributed by atoms with Crippen LogP contribution in [-0.4, -0.2) is 62.5 Å². The number of nitrogens with zero attached hydrogens (tertiary/aromatic N) is 1. The van der Waals surface area contributed by atoms with Crippen molar-refractivity contribution in [1.82, 2.24) is 4.90 Å². The fourth-order valence-electron chi connectivity index (χ4n) is 2.08. The Morgan fingerprint density at radius 1 is 1.55 bits per heavy atom. The molecule has 1 N–H and O–H groups in total. The lowest BCUT2D eigenvalue weighted by Crippen LogP contribution is -2.42. The Morgan fingerprint density at radius 3 is 3.00 bits per heavy atom. The molecule has 0 bridgehead atoms. The molecule has 6 nitrogen and oxygen atoms in total. The van der Waals surface area contributed by atoms with Gasteiger partial charge in [-0.1, -0.05) is 0 Å². The van der Waals surface area contributed by atoms with Gasteiger partial charge in [0.05, 0.1) is 13.7 Å². The van der Waals surface area contributed by atoms with Gasteiger partial charge in [-0.25, -0.2) is 4.79 Å². The fourth-order valence-corrected chi connectivity index (χ4v) is 2.08. The molecular formula is C14H19NO5. The van der Waals surface area contributed by atoms with Gasteiger partial charge in [0.1, 0.15) is 29.8 Å². The molecule has 1 aromatic rings. The normalized spacial score (nSPS) is 19.6. The molecule has 1 fully saturated rings. The number of carbonyl (C=O) groups is 1. The van der Waals surface area contributed by atoms with Crippen LogP contribution < -0.4 is 9.47 Å². The van der Waals surface area contributed by atoms with Gasteiger partial charge in [-0.15, -0.1) is 0 Å². The molecule has 0 saturated carbocycles. The first kappa shape index (κ1) is 14.6. The number of likely N-dealkylation sites (N-methyl/N-ethyl adjacent to an activating group) is 1. The van der Waals surface area contributed by atoms with Crippen molar-refractivity contribution in [1.29, 1.82) is 0 Å². The minimum absolute atomic E-state index is 0.0541. The van der Waals surface area contributed by atoms with Gasteiger partial charge in [-0.3, -0.25) is 0 Å². The van der Waals surface area contributed by atoms with Gasteiger partial charge in [-0.2, -0.15) is 0 Å². The van der Waals surface area contributed by atoms with Crippen molar-refractivity contribution in [3.8, 4) is 11.5 Å². The molecule has 1 aliphatic heterocycles. The lowest BCUT2D eigenvalue weighted by molar-refractivity contribution is -0.0405. The van der Waals surface area contributed by atoms with E-state index < -0.39 is 5.97 Å². The summed E-state index contributed by atoms with van der Waals surface area (Å²) in [7, 11) is 3.54. The van der Waals surface area contributed by atoms with Crippen LogP contribution in [0.15, 0.2) is 18.2 Å². The highest BCUT2D eigenvalue weighted by atomic mass is 16.5. The summed E-state index contributed by atoms with van der Waals surface area (Å²) < 4.78 is 16.3. The Bertz CT molecular complexity index is 477.